The third-order valence-corrected chi connectivity index (χ3v) is 8.30. The van der Waals surface area contributed by atoms with E-state index in [4.69, 9.17) is 4.74 Å². The Morgan fingerprint density at radius 2 is 1.90 bits per heavy atom. The molecule has 1 aromatic rings. The van der Waals surface area contributed by atoms with E-state index in [1.807, 2.05) is 6.07 Å². The van der Waals surface area contributed by atoms with Crippen molar-refractivity contribution >= 4 is 19.1 Å². The van der Waals surface area contributed by atoms with Gasteiger partial charge in [-0.25, -0.2) is 18.0 Å². The molecule has 216 valence electrons. The zero-order chi connectivity index (χ0) is 29.3. The third kappa shape index (κ3) is 6.45. The SMILES string of the molecule is CC(C)(C=C(C#N)C(=O)N1C2CCC1(COC(=O)N[C@@H](CB(O)O)c1ccc(F)cc1)CC2)N1CCC(F)(F)C1. The van der Waals surface area contributed by atoms with Gasteiger partial charge in [0, 0.05) is 30.9 Å². The van der Waals surface area contributed by atoms with Crippen molar-refractivity contribution in [3.05, 3.63) is 47.3 Å². The predicted molar refractivity (Wildman–Crippen MR) is 139 cm³/mol. The number of fused-ring (bicyclic) bond motifs is 2. The number of hydrogen-bond donors (Lipinski definition) is 3. The molecule has 3 saturated heterocycles. The van der Waals surface area contributed by atoms with Gasteiger partial charge in [0.05, 0.1) is 18.1 Å². The molecule has 0 aliphatic carbocycles. The Kier molecular flexibility index (Phi) is 8.54. The van der Waals surface area contributed by atoms with Gasteiger partial charge in [-0.15, -0.1) is 0 Å². The Bertz CT molecular complexity index is 1180. The molecule has 13 heteroatoms. The first-order valence-electron chi connectivity index (χ1n) is 13.4. The number of alkyl halides is 2. The van der Waals surface area contributed by atoms with Crippen LogP contribution in [0, 0.1) is 17.1 Å². The molecule has 4 rings (SSSR count). The summed E-state index contributed by atoms with van der Waals surface area (Å²) in [5.41, 5.74) is -1.46. The molecule has 2 bridgehead atoms. The maximum atomic E-state index is 13.8. The van der Waals surface area contributed by atoms with E-state index in [9.17, 15) is 38.1 Å². The molecule has 1 aromatic carbocycles. The molecule has 0 radical (unpaired) electrons. The maximum absolute atomic E-state index is 13.8. The zero-order valence-corrected chi connectivity index (χ0v) is 22.6. The van der Waals surface area contributed by atoms with Gasteiger partial charge in [0.1, 0.15) is 24.1 Å². The maximum Gasteiger partial charge on any atom is 0.453 e. The van der Waals surface area contributed by atoms with Crippen molar-refractivity contribution in [2.45, 2.75) is 81.4 Å². The Morgan fingerprint density at radius 1 is 1.25 bits per heavy atom. The van der Waals surface area contributed by atoms with Crippen LogP contribution in [-0.4, -0.2) is 81.7 Å². The molecule has 0 spiro atoms. The molecule has 0 saturated carbocycles. The number of carbonyl (C=O) groups is 2. The molecule has 1 atom stereocenters. The Hall–Kier alpha value is -3.08. The van der Waals surface area contributed by atoms with Crippen molar-refractivity contribution in [1.29, 1.82) is 5.26 Å². The number of nitriles is 1. The molecular formula is C27H34BF3N4O5. The van der Waals surface area contributed by atoms with Gasteiger partial charge in [-0.2, -0.15) is 5.26 Å². The van der Waals surface area contributed by atoms with E-state index in [0.717, 1.165) is 0 Å². The monoisotopic (exact) mass is 562 g/mol. The standard InChI is InChI=1S/C27H34BF3N4O5/c1-25(2,34-12-11-27(30,31)16-34)13-19(15-32)23(36)35-21-7-9-26(35,10-8-21)17-40-24(37)33-22(14-28(38)39)18-3-5-20(29)6-4-18/h3-6,13,21-22,38-39H,7-12,14,16-17H2,1-2H3,(H,33,37)/t21?,22-,26?/m0/s1. The summed E-state index contributed by atoms with van der Waals surface area (Å²) in [5, 5.41) is 31.4. The van der Waals surface area contributed by atoms with E-state index in [1.54, 1.807) is 23.6 Å². The number of nitrogens with zero attached hydrogens (tertiary/aromatic N) is 3. The van der Waals surface area contributed by atoms with Gasteiger partial charge < -0.3 is 25.0 Å². The zero-order valence-electron chi connectivity index (χ0n) is 22.6. The minimum absolute atomic E-state index is 0.133. The fourth-order valence-corrected chi connectivity index (χ4v) is 6.13. The third-order valence-electron chi connectivity index (χ3n) is 8.30. The van der Waals surface area contributed by atoms with Crippen molar-refractivity contribution in [1.82, 2.24) is 15.1 Å². The number of amides is 2. The highest BCUT2D eigenvalue weighted by molar-refractivity contribution is 6.41. The summed E-state index contributed by atoms with van der Waals surface area (Å²) < 4.78 is 46.5. The molecule has 0 aromatic heterocycles. The van der Waals surface area contributed by atoms with Gasteiger partial charge in [-0.1, -0.05) is 12.1 Å². The van der Waals surface area contributed by atoms with E-state index < -0.39 is 54.5 Å². The molecule has 2 amide bonds. The summed E-state index contributed by atoms with van der Waals surface area (Å²) in [5.74, 6) is -3.82. The van der Waals surface area contributed by atoms with Crippen molar-refractivity contribution in [2.24, 2.45) is 0 Å². The molecule has 3 aliphatic heterocycles. The minimum Gasteiger partial charge on any atom is -0.447 e. The Labute approximate surface area is 231 Å². The number of halogens is 3. The summed E-state index contributed by atoms with van der Waals surface area (Å²) in [4.78, 5) is 29.6. The largest absolute Gasteiger partial charge is 0.453 e. The number of nitrogens with one attached hydrogen (secondary N) is 1. The van der Waals surface area contributed by atoms with Crippen molar-refractivity contribution in [2.75, 3.05) is 19.7 Å². The summed E-state index contributed by atoms with van der Waals surface area (Å²) in [6.45, 7) is 2.95. The van der Waals surface area contributed by atoms with Crippen LogP contribution in [0.3, 0.4) is 0 Å². The molecule has 3 N–H and O–H groups in total. The molecular weight excluding hydrogens is 528 g/mol. The van der Waals surface area contributed by atoms with Crippen LogP contribution in [-0.2, 0) is 9.53 Å². The van der Waals surface area contributed by atoms with Crippen LogP contribution in [0.1, 0.15) is 57.6 Å². The molecule has 40 heavy (non-hydrogen) atoms. The van der Waals surface area contributed by atoms with Gasteiger partial charge in [-0.05, 0) is 63.3 Å². The highest BCUT2D eigenvalue weighted by Crippen LogP contribution is 2.47. The quantitative estimate of drug-likeness (QED) is 0.240. The lowest BCUT2D eigenvalue weighted by atomic mass is 9.79. The first-order chi connectivity index (χ1) is 18.7. The number of hydrogen-bond acceptors (Lipinski definition) is 7. The minimum atomic E-state index is -2.82. The molecule has 9 nitrogen and oxygen atoms in total. The topological polar surface area (TPSA) is 126 Å². The lowest BCUT2D eigenvalue weighted by Gasteiger charge is -2.36. The van der Waals surface area contributed by atoms with Crippen LogP contribution in [0.4, 0.5) is 18.0 Å². The van der Waals surface area contributed by atoms with Gasteiger partial charge in [0.15, 0.2) is 0 Å². The number of benzene rings is 1. The molecule has 3 aliphatic rings. The van der Waals surface area contributed by atoms with Crippen molar-refractivity contribution in [3.63, 3.8) is 0 Å². The first kappa shape index (κ1) is 29.9. The second kappa shape index (κ2) is 11.4. The Morgan fingerprint density at radius 3 is 2.45 bits per heavy atom. The molecule has 0 unspecified atom stereocenters. The lowest BCUT2D eigenvalue weighted by Crippen LogP contribution is -2.50. The predicted octanol–water partition coefficient (Wildman–Crippen LogP) is 3.16. The smallest absolute Gasteiger partial charge is 0.447 e. The van der Waals surface area contributed by atoms with E-state index in [-0.39, 0.29) is 37.5 Å². The van der Waals surface area contributed by atoms with Gasteiger partial charge in [0.25, 0.3) is 11.8 Å². The average Bonchev–Trinajstić information content (AvgIpc) is 3.56. The summed E-state index contributed by atoms with van der Waals surface area (Å²) in [6.07, 6.45) is 2.53. The molecule has 3 heterocycles. The molecule has 3 fully saturated rings. The van der Waals surface area contributed by atoms with Gasteiger partial charge >= 0.3 is 13.2 Å². The van der Waals surface area contributed by atoms with Crippen LogP contribution in [0.2, 0.25) is 6.32 Å². The normalized spacial score (nSPS) is 25.0. The van der Waals surface area contributed by atoms with E-state index in [0.29, 0.717) is 31.2 Å². The summed E-state index contributed by atoms with van der Waals surface area (Å²) in [7, 11) is -1.74. The highest BCUT2D eigenvalue weighted by Gasteiger charge is 2.55. The van der Waals surface area contributed by atoms with E-state index >= 15 is 0 Å². The Balaban J connectivity index is 1.45. The number of carbonyl (C=O) groups excluding carboxylic acids is 2. The fourth-order valence-electron chi connectivity index (χ4n) is 6.13. The van der Waals surface area contributed by atoms with E-state index in [2.05, 4.69) is 5.32 Å². The number of likely N-dealkylation sites (tertiary alicyclic amines) is 1. The average molecular weight is 562 g/mol. The lowest BCUT2D eigenvalue weighted by molar-refractivity contribution is -0.132. The highest BCUT2D eigenvalue weighted by atomic mass is 19.3. The van der Waals surface area contributed by atoms with Crippen LogP contribution >= 0.6 is 0 Å². The van der Waals surface area contributed by atoms with Crippen LogP contribution in [0.15, 0.2) is 35.9 Å². The van der Waals surface area contributed by atoms with Gasteiger partial charge in [0.2, 0.25) is 0 Å². The van der Waals surface area contributed by atoms with Crippen molar-refractivity contribution < 1.29 is 37.5 Å². The number of ether oxygens (including phenoxy) is 1. The summed E-state index contributed by atoms with van der Waals surface area (Å²) in [6, 6.07) is 6.18. The second-order valence-electron chi connectivity index (χ2n) is 11.5. The number of alkyl carbamates (subject to hydrolysis) is 1. The first-order valence-corrected chi connectivity index (χ1v) is 13.4. The fraction of sp³-hybridized carbons (Fsp3) is 0.593. The van der Waals surface area contributed by atoms with Crippen LogP contribution in [0.25, 0.3) is 0 Å². The van der Waals surface area contributed by atoms with Crippen LogP contribution in [0.5, 0.6) is 0 Å². The second-order valence-corrected chi connectivity index (χ2v) is 11.5. The summed E-state index contributed by atoms with van der Waals surface area (Å²) >= 11 is 0. The van der Waals surface area contributed by atoms with Crippen LogP contribution < -0.4 is 5.32 Å². The van der Waals surface area contributed by atoms with Crippen molar-refractivity contribution in [3.8, 4) is 6.07 Å². The number of rotatable bonds is 9. The van der Waals surface area contributed by atoms with Gasteiger partial charge in [-0.3, -0.25) is 9.69 Å². The van der Waals surface area contributed by atoms with E-state index in [1.165, 1.54) is 30.3 Å².